The van der Waals surface area contributed by atoms with Crippen LogP contribution in [-0.2, 0) is 0 Å². The number of ether oxygens (including phenoxy) is 1. The van der Waals surface area contributed by atoms with E-state index in [1.165, 1.54) is 19.2 Å². The number of allylic oxidation sites excluding steroid dienone is 1. The van der Waals surface area contributed by atoms with Crippen LogP contribution in [0, 0.1) is 5.41 Å². The molecule has 0 bridgehead atoms. The molecule has 5 nitrogen and oxygen atoms in total. The van der Waals surface area contributed by atoms with Crippen molar-refractivity contribution in [2.75, 3.05) is 7.11 Å². The fourth-order valence-corrected chi connectivity index (χ4v) is 2.81. The molecule has 2 N–H and O–H groups in total. The van der Waals surface area contributed by atoms with E-state index in [4.69, 9.17) is 10.1 Å². The highest BCUT2D eigenvalue weighted by Gasteiger charge is 2.27. The number of rotatable bonds is 7. The smallest absolute Gasteiger partial charge is 0.211 e. The van der Waals surface area contributed by atoms with E-state index in [9.17, 15) is 14.7 Å². The van der Waals surface area contributed by atoms with Gasteiger partial charge in [-0.1, -0.05) is 60.7 Å². The highest BCUT2D eigenvalue weighted by atomic mass is 16.5. The number of Topliss-reactive ketones (excluding diaryl/α,β-unsaturated/α-hetero) is 2. The van der Waals surface area contributed by atoms with Crippen molar-refractivity contribution in [3.63, 3.8) is 0 Å². The molecule has 0 aromatic heterocycles. The van der Waals surface area contributed by atoms with Crippen LogP contribution in [0.1, 0.15) is 26.3 Å². The first kappa shape index (κ1) is 19.8. The maximum atomic E-state index is 13.1. The van der Waals surface area contributed by atoms with Crippen molar-refractivity contribution < 1.29 is 19.4 Å². The molecule has 144 valence electrons. The highest BCUT2D eigenvalue weighted by Crippen LogP contribution is 2.23. The Kier molecular flexibility index (Phi) is 6.00. The lowest BCUT2D eigenvalue weighted by Gasteiger charge is -2.12. The first-order valence-electron chi connectivity index (χ1n) is 8.89. The van der Waals surface area contributed by atoms with Crippen LogP contribution in [0.15, 0.2) is 90.5 Å². The predicted molar refractivity (Wildman–Crippen MR) is 112 cm³/mol. The number of aliphatic hydroxyl groups excluding tert-OH is 1. The summed E-state index contributed by atoms with van der Waals surface area (Å²) in [5, 5.41) is 19.2. The standard InChI is InChI=1S/C24H19NO4/c1-29-19-14-12-18(13-15-19)24(28)21(25)20(22(26)16-8-4-2-5-9-16)23(27)17-10-6-3-7-11-17/h2-15,25-26H,1H3/b22-20+,25-21?. The monoisotopic (exact) mass is 385 g/mol. The summed E-state index contributed by atoms with van der Waals surface area (Å²) < 4.78 is 5.08. The molecule has 0 saturated heterocycles. The Balaban J connectivity index is 2.08. The van der Waals surface area contributed by atoms with Crippen LogP contribution >= 0.6 is 0 Å². The number of benzene rings is 3. The number of carbonyl (C=O) groups excluding carboxylic acids is 2. The summed E-state index contributed by atoms with van der Waals surface area (Å²) in [6.07, 6.45) is 0. The Morgan fingerprint density at radius 3 is 1.72 bits per heavy atom. The minimum atomic E-state index is -0.672. The van der Waals surface area contributed by atoms with Crippen molar-refractivity contribution >= 4 is 23.0 Å². The van der Waals surface area contributed by atoms with Crippen LogP contribution < -0.4 is 4.74 Å². The molecule has 0 aliphatic rings. The number of carbonyl (C=O) groups is 2. The number of aliphatic hydroxyl groups is 1. The van der Waals surface area contributed by atoms with Crippen molar-refractivity contribution in [2.45, 2.75) is 0 Å². The van der Waals surface area contributed by atoms with Crippen molar-refractivity contribution in [2.24, 2.45) is 0 Å². The normalized spacial score (nSPS) is 11.3. The first-order chi connectivity index (χ1) is 14.0. The van der Waals surface area contributed by atoms with Crippen molar-refractivity contribution in [1.29, 1.82) is 5.41 Å². The van der Waals surface area contributed by atoms with Gasteiger partial charge in [-0.2, -0.15) is 0 Å². The second-order valence-corrected chi connectivity index (χ2v) is 6.22. The number of methoxy groups -OCH3 is 1. The number of nitrogens with one attached hydrogen (secondary N) is 1. The Hall–Kier alpha value is -3.99. The molecule has 0 unspecified atom stereocenters. The van der Waals surface area contributed by atoms with Crippen molar-refractivity contribution in [3.05, 3.63) is 107 Å². The van der Waals surface area contributed by atoms with E-state index in [0.717, 1.165) is 0 Å². The third kappa shape index (κ3) is 4.30. The fraction of sp³-hybridized carbons (Fsp3) is 0.0417. The van der Waals surface area contributed by atoms with E-state index in [2.05, 4.69) is 0 Å². The number of hydrogen-bond donors (Lipinski definition) is 2. The average molecular weight is 385 g/mol. The zero-order chi connectivity index (χ0) is 20.8. The maximum Gasteiger partial charge on any atom is 0.211 e. The van der Waals surface area contributed by atoms with Gasteiger partial charge < -0.3 is 9.84 Å². The van der Waals surface area contributed by atoms with Crippen LogP contribution in [0.3, 0.4) is 0 Å². The van der Waals surface area contributed by atoms with Gasteiger partial charge in [0.05, 0.1) is 12.7 Å². The van der Waals surface area contributed by atoms with Crippen LogP contribution in [0.25, 0.3) is 5.76 Å². The highest BCUT2D eigenvalue weighted by molar-refractivity contribution is 6.57. The quantitative estimate of drug-likeness (QED) is 0.266. The number of ketones is 2. The third-order valence-electron chi connectivity index (χ3n) is 4.38. The SMILES string of the molecule is COc1ccc(C(=O)C(=N)/C(C(=O)c2ccccc2)=C(\O)c2ccccc2)cc1. The molecule has 0 fully saturated rings. The minimum Gasteiger partial charge on any atom is -0.506 e. The van der Waals surface area contributed by atoms with Gasteiger partial charge in [0, 0.05) is 16.7 Å². The molecule has 3 aromatic carbocycles. The van der Waals surface area contributed by atoms with E-state index in [-0.39, 0.29) is 16.7 Å². The molecule has 0 aliphatic carbocycles. The van der Waals surface area contributed by atoms with Crippen molar-refractivity contribution in [1.82, 2.24) is 0 Å². The fourth-order valence-electron chi connectivity index (χ4n) is 2.81. The van der Waals surface area contributed by atoms with Gasteiger partial charge in [-0.05, 0) is 24.3 Å². The van der Waals surface area contributed by atoms with E-state index in [0.29, 0.717) is 11.3 Å². The molecular weight excluding hydrogens is 366 g/mol. The third-order valence-corrected chi connectivity index (χ3v) is 4.38. The molecule has 29 heavy (non-hydrogen) atoms. The van der Waals surface area contributed by atoms with Gasteiger partial charge >= 0.3 is 0 Å². The Morgan fingerprint density at radius 1 is 0.724 bits per heavy atom. The molecule has 0 atom stereocenters. The minimum absolute atomic E-state index is 0.218. The molecule has 0 radical (unpaired) electrons. The Bertz CT molecular complexity index is 1070. The summed E-state index contributed by atoms with van der Waals surface area (Å²) in [5.74, 6) is -1.11. The van der Waals surface area contributed by atoms with Crippen molar-refractivity contribution in [3.8, 4) is 5.75 Å². The number of hydrogen-bond acceptors (Lipinski definition) is 5. The predicted octanol–water partition coefficient (Wildman–Crippen LogP) is 4.75. The Morgan fingerprint density at radius 2 is 1.21 bits per heavy atom. The first-order valence-corrected chi connectivity index (χ1v) is 8.89. The summed E-state index contributed by atoms with van der Waals surface area (Å²) in [6, 6.07) is 22.9. The lowest BCUT2D eigenvalue weighted by molar-refractivity contribution is 0.102. The lowest BCUT2D eigenvalue weighted by Crippen LogP contribution is -2.23. The maximum absolute atomic E-state index is 13.1. The van der Waals surface area contributed by atoms with Crippen LogP contribution in [-0.4, -0.2) is 29.5 Å². The van der Waals surface area contributed by atoms with Crippen LogP contribution in [0.4, 0.5) is 0 Å². The van der Waals surface area contributed by atoms with Gasteiger partial charge in [0.25, 0.3) is 0 Å². The summed E-state index contributed by atoms with van der Waals surface area (Å²) >= 11 is 0. The molecule has 5 heteroatoms. The molecule has 0 saturated carbocycles. The van der Waals surface area contributed by atoms with E-state index in [1.807, 2.05) is 0 Å². The molecule has 3 aromatic rings. The van der Waals surface area contributed by atoms with Gasteiger partial charge in [-0.15, -0.1) is 0 Å². The van der Waals surface area contributed by atoms with Gasteiger partial charge in [0.15, 0.2) is 5.78 Å². The van der Waals surface area contributed by atoms with Gasteiger partial charge in [0.2, 0.25) is 5.78 Å². The summed E-state index contributed by atoms with van der Waals surface area (Å²) in [7, 11) is 1.51. The second-order valence-electron chi connectivity index (χ2n) is 6.22. The van der Waals surface area contributed by atoms with E-state index < -0.39 is 23.0 Å². The van der Waals surface area contributed by atoms with Gasteiger partial charge in [-0.25, -0.2) is 0 Å². The lowest BCUT2D eigenvalue weighted by atomic mass is 9.91. The van der Waals surface area contributed by atoms with E-state index >= 15 is 0 Å². The average Bonchev–Trinajstić information content (AvgIpc) is 2.79. The van der Waals surface area contributed by atoms with Crippen LogP contribution in [0.5, 0.6) is 5.75 Å². The summed E-state index contributed by atoms with van der Waals surface area (Å²) in [6.45, 7) is 0. The molecule has 3 rings (SSSR count). The van der Waals surface area contributed by atoms with Crippen LogP contribution in [0.2, 0.25) is 0 Å². The molecule has 0 heterocycles. The van der Waals surface area contributed by atoms with Gasteiger partial charge in [-0.3, -0.25) is 15.0 Å². The summed E-state index contributed by atoms with van der Waals surface area (Å²) in [4.78, 5) is 26.0. The topological polar surface area (TPSA) is 87.5 Å². The zero-order valence-corrected chi connectivity index (χ0v) is 15.8. The Labute approximate surface area is 168 Å². The van der Waals surface area contributed by atoms with E-state index in [1.54, 1.807) is 72.8 Å². The second kappa shape index (κ2) is 8.80. The zero-order valence-electron chi connectivity index (χ0n) is 15.8. The van der Waals surface area contributed by atoms with Gasteiger partial charge in [0.1, 0.15) is 17.2 Å². The molecular formula is C24H19NO4. The summed E-state index contributed by atoms with van der Waals surface area (Å²) in [5.41, 5.74) is -0.0834. The largest absolute Gasteiger partial charge is 0.506 e. The molecule has 0 aliphatic heterocycles. The molecule has 0 spiro atoms. The molecule has 0 amide bonds.